The lowest BCUT2D eigenvalue weighted by Gasteiger charge is -2.31. The first kappa shape index (κ1) is 30.1. The molecule has 0 radical (unpaired) electrons. The Balaban J connectivity index is 1.28. The van der Waals surface area contributed by atoms with Crippen LogP contribution in [0.15, 0.2) is 115 Å². The van der Waals surface area contributed by atoms with Crippen LogP contribution in [0.2, 0.25) is 0 Å². The van der Waals surface area contributed by atoms with Gasteiger partial charge < -0.3 is 29.0 Å². The fourth-order valence-electron chi connectivity index (χ4n) is 5.77. The van der Waals surface area contributed by atoms with Crippen LogP contribution in [0.4, 0.5) is 0 Å². The Hall–Kier alpha value is -4.94. The molecule has 0 saturated heterocycles. The van der Waals surface area contributed by atoms with Gasteiger partial charge in [0.2, 0.25) is 5.75 Å². The molecule has 1 aliphatic heterocycles. The van der Waals surface area contributed by atoms with Gasteiger partial charge in [0, 0.05) is 11.6 Å². The molecule has 1 atom stereocenters. The highest BCUT2D eigenvalue weighted by atomic mass is 16.5. The van der Waals surface area contributed by atoms with Crippen LogP contribution in [0.25, 0.3) is 0 Å². The predicted octanol–water partition coefficient (Wildman–Crippen LogP) is 7.87. The number of rotatable bonds is 13. The molecular formula is C39H39NO5. The van der Waals surface area contributed by atoms with Gasteiger partial charge in [-0.15, -0.1) is 0 Å². The normalized spacial score (nSPS) is 13.9. The second kappa shape index (κ2) is 14.7. The number of benzene rings is 5. The Kier molecular flexibility index (Phi) is 9.83. The third-order valence-corrected chi connectivity index (χ3v) is 8.03. The van der Waals surface area contributed by atoms with E-state index < -0.39 is 0 Å². The average Bonchev–Trinajstić information content (AvgIpc) is 3.10. The molecule has 0 aromatic heterocycles. The number of hydrogen-bond donors (Lipinski definition) is 1. The smallest absolute Gasteiger partial charge is 0.204 e. The van der Waals surface area contributed by atoms with Crippen molar-refractivity contribution in [2.75, 3.05) is 20.8 Å². The zero-order valence-electron chi connectivity index (χ0n) is 25.8. The molecule has 230 valence electrons. The lowest BCUT2D eigenvalue weighted by Crippen LogP contribution is -2.32. The Bertz CT molecular complexity index is 1680. The minimum Gasteiger partial charge on any atom is -0.493 e. The maximum Gasteiger partial charge on any atom is 0.204 e. The summed E-state index contributed by atoms with van der Waals surface area (Å²) >= 11 is 0. The maximum atomic E-state index is 6.50. The standard InChI is InChI=1S/C39H39NO5/c1-41-35-23-31(18-19-34(35)43-25-28-12-6-3-7-13-28)22-33-37-32(20-21-40-33)24-36(44-26-29-14-8-4-9-15-29)38(39(37)42-2)45-27-30-16-10-5-11-17-30/h3-19,23-24,33,40H,20-22,25-27H2,1-2H3/t33-/m1/s1. The fourth-order valence-corrected chi connectivity index (χ4v) is 5.77. The van der Waals surface area contributed by atoms with E-state index in [1.165, 1.54) is 5.56 Å². The number of ether oxygens (including phenoxy) is 5. The fraction of sp³-hybridized carbons (Fsp3) is 0.231. The molecule has 6 heteroatoms. The van der Waals surface area contributed by atoms with Crippen molar-refractivity contribution < 1.29 is 23.7 Å². The van der Waals surface area contributed by atoms with E-state index in [0.717, 1.165) is 53.0 Å². The van der Waals surface area contributed by atoms with Crippen molar-refractivity contribution in [2.45, 2.75) is 38.7 Å². The van der Waals surface area contributed by atoms with E-state index in [1.54, 1.807) is 14.2 Å². The van der Waals surface area contributed by atoms with Gasteiger partial charge in [0.15, 0.2) is 23.0 Å². The van der Waals surface area contributed by atoms with Crippen molar-refractivity contribution in [1.29, 1.82) is 0 Å². The van der Waals surface area contributed by atoms with Crippen LogP contribution in [0.5, 0.6) is 28.7 Å². The first-order chi connectivity index (χ1) is 22.2. The molecule has 6 rings (SSSR count). The van der Waals surface area contributed by atoms with Gasteiger partial charge >= 0.3 is 0 Å². The summed E-state index contributed by atoms with van der Waals surface area (Å²) in [6, 6.07) is 38.8. The Morgan fingerprint density at radius 1 is 0.556 bits per heavy atom. The van der Waals surface area contributed by atoms with E-state index in [9.17, 15) is 0 Å². The Morgan fingerprint density at radius 2 is 1.13 bits per heavy atom. The van der Waals surface area contributed by atoms with Crippen LogP contribution in [-0.2, 0) is 32.7 Å². The lowest BCUT2D eigenvalue weighted by atomic mass is 9.88. The summed E-state index contributed by atoms with van der Waals surface area (Å²) in [4.78, 5) is 0. The van der Waals surface area contributed by atoms with Crippen LogP contribution in [0, 0.1) is 0 Å². The molecule has 0 saturated carbocycles. The van der Waals surface area contributed by atoms with E-state index in [-0.39, 0.29) is 6.04 Å². The molecule has 5 aromatic carbocycles. The predicted molar refractivity (Wildman–Crippen MR) is 176 cm³/mol. The van der Waals surface area contributed by atoms with Crippen molar-refractivity contribution in [3.63, 3.8) is 0 Å². The second-order valence-electron chi connectivity index (χ2n) is 11.1. The van der Waals surface area contributed by atoms with Gasteiger partial charge in [0.05, 0.1) is 14.2 Å². The van der Waals surface area contributed by atoms with Crippen molar-refractivity contribution in [3.05, 3.63) is 149 Å². The van der Waals surface area contributed by atoms with Crippen LogP contribution < -0.4 is 29.0 Å². The van der Waals surface area contributed by atoms with Gasteiger partial charge in [0.1, 0.15) is 19.8 Å². The van der Waals surface area contributed by atoms with Crippen molar-refractivity contribution in [2.24, 2.45) is 0 Å². The maximum absolute atomic E-state index is 6.50. The molecule has 1 N–H and O–H groups in total. The molecule has 0 bridgehead atoms. The van der Waals surface area contributed by atoms with Gasteiger partial charge in [-0.3, -0.25) is 0 Å². The molecule has 5 aromatic rings. The van der Waals surface area contributed by atoms with Gasteiger partial charge in [0.25, 0.3) is 0 Å². The number of methoxy groups -OCH3 is 2. The van der Waals surface area contributed by atoms with E-state index in [2.05, 4.69) is 59.9 Å². The van der Waals surface area contributed by atoms with E-state index in [0.29, 0.717) is 42.8 Å². The highest BCUT2D eigenvalue weighted by Gasteiger charge is 2.30. The lowest BCUT2D eigenvalue weighted by molar-refractivity contribution is 0.241. The highest BCUT2D eigenvalue weighted by molar-refractivity contribution is 5.61. The molecule has 1 heterocycles. The van der Waals surface area contributed by atoms with Crippen LogP contribution in [0.1, 0.15) is 39.4 Å². The zero-order valence-corrected chi connectivity index (χ0v) is 25.8. The molecule has 0 spiro atoms. The molecule has 0 amide bonds. The zero-order chi connectivity index (χ0) is 30.8. The molecule has 0 fully saturated rings. The minimum atomic E-state index is 0.00624. The summed E-state index contributed by atoms with van der Waals surface area (Å²) in [6.45, 7) is 2.16. The summed E-state index contributed by atoms with van der Waals surface area (Å²) in [5.41, 5.74) is 6.69. The van der Waals surface area contributed by atoms with E-state index >= 15 is 0 Å². The second-order valence-corrected chi connectivity index (χ2v) is 11.1. The minimum absolute atomic E-state index is 0.00624. The summed E-state index contributed by atoms with van der Waals surface area (Å²) < 4.78 is 30.9. The summed E-state index contributed by atoms with van der Waals surface area (Å²) in [5.74, 6) is 3.44. The van der Waals surface area contributed by atoms with Crippen molar-refractivity contribution in [3.8, 4) is 28.7 Å². The number of fused-ring (bicyclic) bond motifs is 1. The van der Waals surface area contributed by atoms with Gasteiger partial charge in [-0.25, -0.2) is 0 Å². The number of hydrogen-bond acceptors (Lipinski definition) is 6. The molecule has 0 aliphatic carbocycles. The first-order valence-corrected chi connectivity index (χ1v) is 15.4. The molecule has 0 unspecified atom stereocenters. The topological polar surface area (TPSA) is 58.2 Å². The Labute approximate surface area is 265 Å². The molecule has 1 aliphatic rings. The Morgan fingerprint density at radius 3 is 1.71 bits per heavy atom. The van der Waals surface area contributed by atoms with Crippen LogP contribution in [0.3, 0.4) is 0 Å². The average molecular weight is 602 g/mol. The van der Waals surface area contributed by atoms with E-state index in [4.69, 9.17) is 23.7 Å². The first-order valence-electron chi connectivity index (χ1n) is 15.4. The summed E-state index contributed by atoms with van der Waals surface area (Å²) in [7, 11) is 3.39. The molecular weight excluding hydrogens is 562 g/mol. The van der Waals surface area contributed by atoms with Crippen LogP contribution in [-0.4, -0.2) is 20.8 Å². The van der Waals surface area contributed by atoms with Gasteiger partial charge in [-0.2, -0.15) is 0 Å². The monoisotopic (exact) mass is 601 g/mol. The molecule has 6 nitrogen and oxygen atoms in total. The summed E-state index contributed by atoms with van der Waals surface area (Å²) in [6.07, 6.45) is 1.60. The van der Waals surface area contributed by atoms with Gasteiger partial charge in [-0.05, 0) is 65.4 Å². The van der Waals surface area contributed by atoms with Crippen LogP contribution >= 0.6 is 0 Å². The van der Waals surface area contributed by atoms with Crippen molar-refractivity contribution >= 4 is 0 Å². The third kappa shape index (κ3) is 7.41. The molecule has 45 heavy (non-hydrogen) atoms. The van der Waals surface area contributed by atoms with E-state index in [1.807, 2.05) is 60.7 Å². The largest absolute Gasteiger partial charge is 0.493 e. The quantitative estimate of drug-likeness (QED) is 0.148. The SMILES string of the molecule is COc1cc(C[C@H]2NCCc3cc(OCc4ccccc4)c(OCc4ccccc4)c(OC)c32)ccc1OCc1ccccc1. The third-order valence-electron chi connectivity index (χ3n) is 8.03. The summed E-state index contributed by atoms with van der Waals surface area (Å²) in [5, 5.41) is 3.73. The highest BCUT2D eigenvalue weighted by Crippen LogP contribution is 2.47. The van der Waals surface area contributed by atoms with Crippen molar-refractivity contribution in [1.82, 2.24) is 5.32 Å². The number of nitrogens with one attached hydrogen (secondary N) is 1. The van der Waals surface area contributed by atoms with Gasteiger partial charge in [-0.1, -0.05) is 97.1 Å².